The normalized spacial score (nSPS) is 25.1. The number of nitrogens with zero attached hydrogens (tertiary/aromatic N) is 1. The first-order valence-corrected chi connectivity index (χ1v) is 5.22. The van der Waals surface area contributed by atoms with Crippen molar-refractivity contribution in [2.75, 3.05) is 13.6 Å². The lowest BCUT2D eigenvalue weighted by atomic mass is 10.0. The van der Waals surface area contributed by atoms with Gasteiger partial charge in [-0.3, -0.25) is 0 Å². The Hall–Kier alpha value is -0.860. The van der Waals surface area contributed by atoms with Crippen LogP contribution in [0.2, 0.25) is 0 Å². The van der Waals surface area contributed by atoms with E-state index in [0.29, 0.717) is 6.04 Å². The fourth-order valence-electron chi connectivity index (χ4n) is 2.21. The topological polar surface area (TPSA) is 23.5 Å². The third-order valence-electron chi connectivity index (χ3n) is 3.08. The number of hydrogen-bond donors (Lipinski definition) is 1. The Morgan fingerprint density at radius 2 is 2.07 bits per heavy atom. The lowest BCUT2D eigenvalue weighted by Gasteiger charge is -2.25. The van der Waals surface area contributed by atoms with Crippen molar-refractivity contribution in [1.82, 2.24) is 4.90 Å². The highest BCUT2D eigenvalue weighted by molar-refractivity contribution is 5.19. The van der Waals surface area contributed by atoms with Crippen LogP contribution < -0.4 is 0 Å². The molecular formula is C12H17NO. The summed E-state index contributed by atoms with van der Waals surface area (Å²) in [5.74, 6) is 0. The minimum absolute atomic E-state index is 0.303. The van der Waals surface area contributed by atoms with E-state index in [1.54, 1.807) is 0 Å². The van der Waals surface area contributed by atoms with Gasteiger partial charge in [-0.1, -0.05) is 30.3 Å². The fraction of sp³-hybridized carbons (Fsp3) is 0.500. The molecule has 2 atom stereocenters. The van der Waals surface area contributed by atoms with Crippen molar-refractivity contribution in [3.8, 4) is 0 Å². The van der Waals surface area contributed by atoms with Crippen LogP contribution in [0, 0.1) is 0 Å². The number of likely N-dealkylation sites (tertiary alicyclic amines) is 1. The van der Waals surface area contributed by atoms with Crippen molar-refractivity contribution < 1.29 is 5.11 Å². The predicted molar refractivity (Wildman–Crippen MR) is 57.1 cm³/mol. The molecule has 1 aliphatic rings. The van der Waals surface area contributed by atoms with Crippen LogP contribution in [0.15, 0.2) is 30.3 Å². The Morgan fingerprint density at radius 1 is 1.36 bits per heavy atom. The first kappa shape index (κ1) is 9.69. The SMILES string of the molecule is CN1CCC[C@@H]1[C@@H](O)c1ccccc1. The van der Waals surface area contributed by atoms with Gasteiger partial charge in [0, 0.05) is 6.04 Å². The number of aliphatic hydroxyl groups excluding tert-OH is 1. The average Bonchev–Trinajstić information content (AvgIpc) is 2.65. The third-order valence-corrected chi connectivity index (χ3v) is 3.08. The summed E-state index contributed by atoms with van der Waals surface area (Å²) in [7, 11) is 2.09. The summed E-state index contributed by atoms with van der Waals surface area (Å²) in [6.45, 7) is 1.11. The summed E-state index contributed by atoms with van der Waals surface area (Å²) in [5.41, 5.74) is 1.03. The number of benzene rings is 1. The lowest BCUT2D eigenvalue weighted by Crippen LogP contribution is -2.30. The van der Waals surface area contributed by atoms with Gasteiger partial charge in [-0.05, 0) is 32.0 Å². The summed E-state index contributed by atoms with van der Waals surface area (Å²) in [4.78, 5) is 2.25. The smallest absolute Gasteiger partial charge is 0.0945 e. The first-order valence-electron chi connectivity index (χ1n) is 5.22. The van der Waals surface area contributed by atoms with Crippen molar-refractivity contribution in [3.05, 3.63) is 35.9 Å². The maximum atomic E-state index is 10.1. The second-order valence-electron chi connectivity index (χ2n) is 4.05. The largest absolute Gasteiger partial charge is 0.387 e. The van der Waals surface area contributed by atoms with Gasteiger partial charge in [0.1, 0.15) is 0 Å². The monoisotopic (exact) mass is 191 g/mol. The van der Waals surface area contributed by atoms with Gasteiger partial charge < -0.3 is 10.0 Å². The zero-order valence-corrected chi connectivity index (χ0v) is 8.56. The number of rotatable bonds is 2. The molecule has 1 aliphatic heterocycles. The molecular weight excluding hydrogens is 174 g/mol. The Bertz CT molecular complexity index is 286. The molecule has 1 saturated heterocycles. The van der Waals surface area contributed by atoms with E-state index in [-0.39, 0.29) is 6.10 Å². The number of likely N-dealkylation sites (N-methyl/N-ethyl adjacent to an activating group) is 1. The van der Waals surface area contributed by atoms with Crippen molar-refractivity contribution in [3.63, 3.8) is 0 Å². The van der Waals surface area contributed by atoms with Gasteiger partial charge in [0.2, 0.25) is 0 Å². The van der Waals surface area contributed by atoms with Crippen molar-refractivity contribution in [1.29, 1.82) is 0 Å². The van der Waals surface area contributed by atoms with Gasteiger partial charge in [-0.2, -0.15) is 0 Å². The molecule has 0 aromatic heterocycles. The molecule has 0 unspecified atom stereocenters. The van der Waals surface area contributed by atoms with Gasteiger partial charge in [0.25, 0.3) is 0 Å². The van der Waals surface area contributed by atoms with Crippen molar-refractivity contribution in [2.45, 2.75) is 25.0 Å². The van der Waals surface area contributed by atoms with Crippen LogP contribution in [0.4, 0.5) is 0 Å². The Morgan fingerprint density at radius 3 is 2.64 bits per heavy atom. The van der Waals surface area contributed by atoms with Gasteiger partial charge >= 0.3 is 0 Å². The van der Waals surface area contributed by atoms with Crippen LogP contribution in [-0.2, 0) is 0 Å². The average molecular weight is 191 g/mol. The van der Waals surface area contributed by atoms with Crippen LogP contribution in [0.3, 0.4) is 0 Å². The molecule has 2 nitrogen and oxygen atoms in total. The zero-order chi connectivity index (χ0) is 9.97. The predicted octanol–water partition coefficient (Wildman–Crippen LogP) is 1.81. The quantitative estimate of drug-likeness (QED) is 0.770. The summed E-state index contributed by atoms with van der Waals surface area (Å²) >= 11 is 0. The third kappa shape index (κ3) is 1.81. The minimum atomic E-state index is -0.330. The van der Waals surface area contributed by atoms with Gasteiger partial charge in [-0.25, -0.2) is 0 Å². The van der Waals surface area contributed by atoms with E-state index in [2.05, 4.69) is 11.9 Å². The highest BCUT2D eigenvalue weighted by Crippen LogP contribution is 2.27. The highest BCUT2D eigenvalue weighted by atomic mass is 16.3. The standard InChI is InChI=1S/C12H17NO/c1-13-9-5-8-11(13)12(14)10-6-3-2-4-7-10/h2-4,6-7,11-12,14H,5,8-9H2,1H3/t11-,12+/m1/s1. The molecule has 0 amide bonds. The summed E-state index contributed by atoms with van der Waals surface area (Å²) in [5, 5.41) is 10.1. The van der Waals surface area contributed by atoms with Gasteiger partial charge in [0.05, 0.1) is 6.10 Å². The Balaban J connectivity index is 2.12. The molecule has 0 spiro atoms. The highest BCUT2D eigenvalue weighted by Gasteiger charge is 2.28. The molecule has 76 valence electrons. The molecule has 0 radical (unpaired) electrons. The molecule has 2 heteroatoms. The molecule has 1 fully saturated rings. The van der Waals surface area contributed by atoms with E-state index in [1.165, 1.54) is 6.42 Å². The van der Waals surface area contributed by atoms with Crippen molar-refractivity contribution in [2.24, 2.45) is 0 Å². The maximum absolute atomic E-state index is 10.1. The van der Waals surface area contributed by atoms with E-state index in [9.17, 15) is 5.11 Å². The van der Waals surface area contributed by atoms with E-state index < -0.39 is 0 Å². The Labute approximate surface area is 85.2 Å². The Kier molecular flexibility index (Phi) is 2.85. The van der Waals surface area contributed by atoms with Gasteiger partial charge in [-0.15, -0.1) is 0 Å². The molecule has 0 saturated carbocycles. The summed E-state index contributed by atoms with van der Waals surface area (Å²) in [6, 6.07) is 10.2. The summed E-state index contributed by atoms with van der Waals surface area (Å²) in [6.07, 6.45) is 1.97. The second-order valence-corrected chi connectivity index (χ2v) is 4.05. The van der Waals surface area contributed by atoms with E-state index in [4.69, 9.17) is 0 Å². The second kappa shape index (κ2) is 4.11. The van der Waals surface area contributed by atoms with Crippen LogP contribution in [-0.4, -0.2) is 29.6 Å². The van der Waals surface area contributed by atoms with Crippen LogP contribution in [0.5, 0.6) is 0 Å². The minimum Gasteiger partial charge on any atom is -0.387 e. The molecule has 0 bridgehead atoms. The maximum Gasteiger partial charge on any atom is 0.0945 e. The molecule has 1 aromatic rings. The van der Waals surface area contributed by atoms with Crippen LogP contribution in [0.1, 0.15) is 24.5 Å². The van der Waals surface area contributed by atoms with Crippen molar-refractivity contribution >= 4 is 0 Å². The van der Waals surface area contributed by atoms with E-state index >= 15 is 0 Å². The molecule has 1 N–H and O–H groups in total. The molecule has 14 heavy (non-hydrogen) atoms. The molecule has 1 heterocycles. The zero-order valence-electron chi connectivity index (χ0n) is 8.56. The molecule has 2 rings (SSSR count). The summed E-state index contributed by atoms with van der Waals surface area (Å²) < 4.78 is 0. The molecule has 0 aliphatic carbocycles. The van der Waals surface area contributed by atoms with Crippen LogP contribution in [0.25, 0.3) is 0 Å². The molecule has 1 aromatic carbocycles. The van der Waals surface area contributed by atoms with Gasteiger partial charge in [0.15, 0.2) is 0 Å². The first-order chi connectivity index (χ1) is 6.79. The van der Waals surface area contributed by atoms with Crippen LogP contribution >= 0.6 is 0 Å². The number of hydrogen-bond acceptors (Lipinski definition) is 2. The van der Waals surface area contributed by atoms with E-state index in [1.807, 2.05) is 30.3 Å². The van der Waals surface area contributed by atoms with E-state index in [0.717, 1.165) is 18.5 Å². The number of aliphatic hydroxyl groups is 1. The lowest BCUT2D eigenvalue weighted by molar-refractivity contribution is 0.0857. The fourth-order valence-corrected chi connectivity index (χ4v) is 2.21.